The van der Waals surface area contributed by atoms with Crippen molar-refractivity contribution in [1.82, 2.24) is 14.9 Å². The van der Waals surface area contributed by atoms with Crippen LogP contribution in [0.5, 0.6) is 0 Å². The van der Waals surface area contributed by atoms with Gasteiger partial charge in [0.25, 0.3) is 5.91 Å². The molecule has 0 bridgehead atoms. The molecule has 0 spiro atoms. The number of carbonyl (C=O) groups is 1. The summed E-state index contributed by atoms with van der Waals surface area (Å²) >= 11 is 0. The molecule has 1 heterocycles. The minimum atomic E-state index is -4.64. The summed E-state index contributed by atoms with van der Waals surface area (Å²) in [5.41, 5.74) is -0.0355. The van der Waals surface area contributed by atoms with Crippen LogP contribution >= 0.6 is 0 Å². The smallest absolute Gasteiger partial charge is 0.355 e. The molecular formula is C18H14F3N5O. The average molecular weight is 373 g/mol. The largest absolute Gasteiger partial charge is 0.417 e. The summed E-state index contributed by atoms with van der Waals surface area (Å²) in [6.45, 7) is 0. The maximum absolute atomic E-state index is 13.2. The predicted molar refractivity (Wildman–Crippen MR) is 93.5 cm³/mol. The summed E-state index contributed by atoms with van der Waals surface area (Å²) in [4.78, 5) is 16.0. The first-order valence-electron chi connectivity index (χ1n) is 7.81. The fourth-order valence-corrected chi connectivity index (χ4v) is 2.69. The van der Waals surface area contributed by atoms with Gasteiger partial charge in [-0.2, -0.15) is 18.4 Å². The Morgan fingerprint density at radius 1 is 1.26 bits per heavy atom. The molecule has 2 N–H and O–H groups in total. The second-order valence-electron chi connectivity index (χ2n) is 5.78. The van der Waals surface area contributed by atoms with E-state index in [4.69, 9.17) is 5.26 Å². The van der Waals surface area contributed by atoms with Crippen molar-refractivity contribution in [3.63, 3.8) is 0 Å². The Hall–Kier alpha value is -3.54. The van der Waals surface area contributed by atoms with E-state index >= 15 is 0 Å². The molecule has 0 atom stereocenters. The molecule has 9 heteroatoms. The van der Waals surface area contributed by atoms with Crippen molar-refractivity contribution < 1.29 is 18.0 Å². The van der Waals surface area contributed by atoms with Crippen LogP contribution < -0.4 is 10.6 Å². The molecule has 3 aromatic rings. The van der Waals surface area contributed by atoms with E-state index in [1.54, 1.807) is 37.4 Å². The standard InChI is InChI=1S/C18H14F3N5O/c1-23-16(27)10-4-3-5-12(6-10)24-17-25-14-7-11(9-22)13(18(19,20)21)8-15(14)26(17)2/h3-8H,1-2H3,(H,23,27)(H,24,25). The number of alkyl halides is 3. The number of aromatic nitrogens is 2. The Morgan fingerprint density at radius 2 is 2.00 bits per heavy atom. The number of benzene rings is 2. The number of imidazole rings is 1. The molecule has 1 amide bonds. The van der Waals surface area contributed by atoms with E-state index in [1.165, 1.54) is 11.6 Å². The fraction of sp³-hybridized carbons (Fsp3) is 0.167. The number of anilines is 2. The summed E-state index contributed by atoms with van der Waals surface area (Å²) in [5.74, 6) is 0.0133. The lowest BCUT2D eigenvalue weighted by atomic mass is 10.1. The van der Waals surface area contributed by atoms with Crippen molar-refractivity contribution >= 4 is 28.6 Å². The zero-order chi connectivity index (χ0) is 19.8. The van der Waals surface area contributed by atoms with Gasteiger partial charge in [0.15, 0.2) is 0 Å². The molecule has 1 aromatic heterocycles. The Morgan fingerprint density at radius 3 is 2.63 bits per heavy atom. The van der Waals surface area contributed by atoms with Gasteiger partial charge in [-0.3, -0.25) is 4.79 Å². The zero-order valence-electron chi connectivity index (χ0n) is 14.3. The van der Waals surface area contributed by atoms with Crippen LogP contribution in [0.25, 0.3) is 11.0 Å². The van der Waals surface area contributed by atoms with Gasteiger partial charge in [-0.05, 0) is 30.3 Å². The van der Waals surface area contributed by atoms with E-state index < -0.39 is 17.3 Å². The third-order valence-corrected chi connectivity index (χ3v) is 4.05. The van der Waals surface area contributed by atoms with Crippen LogP contribution in [0.15, 0.2) is 36.4 Å². The number of carbonyl (C=O) groups excluding carboxylic acids is 1. The number of amides is 1. The van der Waals surface area contributed by atoms with Crippen LogP contribution in [-0.4, -0.2) is 22.5 Å². The van der Waals surface area contributed by atoms with Gasteiger partial charge >= 0.3 is 6.18 Å². The molecule has 2 aromatic carbocycles. The second kappa shape index (κ2) is 6.64. The highest BCUT2D eigenvalue weighted by Gasteiger charge is 2.34. The summed E-state index contributed by atoms with van der Waals surface area (Å²) in [7, 11) is 3.07. The van der Waals surface area contributed by atoms with Crippen molar-refractivity contribution in [2.24, 2.45) is 7.05 Å². The SMILES string of the molecule is CNC(=O)c1cccc(Nc2nc3cc(C#N)c(C(F)(F)F)cc3n2C)c1. The third-order valence-electron chi connectivity index (χ3n) is 4.05. The Kier molecular flexibility index (Phi) is 4.49. The van der Waals surface area contributed by atoms with E-state index in [0.717, 1.165) is 12.1 Å². The van der Waals surface area contributed by atoms with Gasteiger partial charge in [0.05, 0.1) is 28.2 Å². The first-order valence-corrected chi connectivity index (χ1v) is 7.81. The monoisotopic (exact) mass is 373 g/mol. The molecule has 0 aliphatic carbocycles. The van der Waals surface area contributed by atoms with Gasteiger partial charge in [-0.25, -0.2) is 4.98 Å². The summed E-state index contributed by atoms with van der Waals surface area (Å²) in [5, 5.41) is 14.5. The lowest BCUT2D eigenvalue weighted by Gasteiger charge is -2.09. The lowest BCUT2D eigenvalue weighted by Crippen LogP contribution is -2.17. The molecule has 27 heavy (non-hydrogen) atoms. The number of halogens is 3. The number of rotatable bonds is 3. The molecule has 0 radical (unpaired) electrons. The molecule has 0 saturated heterocycles. The number of hydrogen-bond donors (Lipinski definition) is 2. The van der Waals surface area contributed by atoms with Crippen LogP contribution in [0.1, 0.15) is 21.5 Å². The lowest BCUT2D eigenvalue weighted by molar-refractivity contribution is -0.137. The van der Waals surface area contributed by atoms with Crippen LogP contribution in [0.2, 0.25) is 0 Å². The number of fused-ring (bicyclic) bond motifs is 1. The van der Waals surface area contributed by atoms with Crippen molar-refractivity contribution in [2.75, 3.05) is 12.4 Å². The van der Waals surface area contributed by atoms with E-state index in [-0.39, 0.29) is 22.9 Å². The van der Waals surface area contributed by atoms with E-state index in [1.807, 2.05) is 0 Å². The van der Waals surface area contributed by atoms with Crippen molar-refractivity contribution in [3.05, 3.63) is 53.1 Å². The van der Waals surface area contributed by atoms with Gasteiger partial charge in [0.1, 0.15) is 0 Å². The average Bonchev–Trinajstić information content (AvgIpc) is 2.94. The predicted octanol–water partition coefficient (Wildman–Crippen LogP) is 3.57. The number of aryl methyl sites for hydroxylation is 1. The fourth-order valence-electron chi connectivity index (χ4n) is 2.69. The summed E-state index contributed by atoms with van der Waals surface area (Å²) in [6, 6.07) is 10.2. The highest BCUT2D eigenvalue weighted by molar-refractivity contribution is 5.95. The summed E-state index contributed by atoms with van der Waals surface area (Å²) in [6.07, 6.45) is -4.64. The molecule has 0 aliphatic heterocycles. The molecular weight excluding hydrogens is 359 g/mol. The third kappa shape index (κ3) is 3.42. The minimum Gasteiger partial charge on any atom is -0.355 e. The van der Waals surface area contributed by atoms with Crippen molar-refractivity contribution in [3.8, 4) is 6.07 Å². The molecule has 0 unspecified atom stereocenters. The first-order chi connectivity index (χ1) is 12.7. The molecule has 0 fully saturated rings. The van der Waals surface area contributed by atoms with E-state index in [2.05, 4.69) is 15.6 Å². The Labute approximate surface area is 152 Å². The zero-order valence-corrected chi connectivity index (χ0v) is 14.3. The number of nitriles is 1. The van der Waals surface area contributed by atoms with Gasteiger partial charge in [-0.1, -0.05) is 6.07 Å². The maximum atomic E-state index is 13.2. The second-order valence-corrected chi connectivity index (χ2v) is 5.78. The van der Waals surface area contributed by atoms with Crippen LogP contribution in [0.3, 0.4) is 0 Å². The van der Waals surface area contributed by atoms with Crippen molar-refractivity contribution in [1.29, 1.82) is 5.26 Å². The topological polar surface area (TPSA) is 82.7 Å². The molecule has 0 saturated carbocycles. The van der Waals surface area contributed by atoms with Gasteiger partial charge in [0.2, 0.25) is 5.95 Å². The van der Waals surface area contributed by atoms with E-state index in [9.17, 15) is 18.0 Å². The Balaban J connectivity index is 2.05. The highest BCUT2D eigenvalue weighted by atomic mass is 19.4. The first kappa shape index (κ1) is 18.3. The quantitative estimate of drug-likeness (QED) is 0.735. The number of hydrogen-bond acceptors (Lipinski definition) is 4. The number of nitrogens with one attached hydrogen (secondary N) is 2. The van der Waals surface area contributed by atoms with Crippen LogP contribution in [0.4, 0.5) is 24.8 Å². The molecule has 3 rings (SSSR count). The van der Waals surface area contributed by atoms with Crippen molar-refractivity contribution in [2.45, 2.75) is 6.18 Å². The maximum Gasteiger partial charge on any atom is 0.417 e. The highest BCUT2D eigenvalue weighted by Crippen LogP contribution is 2.35. The normalized spacial score (nSPS) is 11.3. The van der Waals surface area contributed by atoms with Gasteiger partial charge < -0.3 is 15.2 Å². The molecule has 6 nitrogen and oxygen atoms in total. The van der Waals surface area contributed by atoms with E-state index in [0.29, 0.717) is 11.3 Å². The van der Waals surface area contributed by atoms with Gasteiger partial charge in [-0.15, -0.1) is 0 Å². The minimum absolute atomic E-state index is 0.228. The molecule has 0 aliphatic rings. The van der Waals surface area contributed by atoms with Crippen LogP contribution in [0, 0.1) is 11.3 Å². The summed E-state index contributed by atoms with van der Waals surface area (Å²) < 4.78 is 41.0. The van der Waals surface area contributed by atoms with Gasteiger partial charge in [0, 0.05) is 25.3 Å². The van der Waals surface area contributed by atoms with Crippen LogP contribution in [-0.2, 0) is 13.2 Å². The Bertz CT molecular complexity index is 1080. The number of nitrogens with zero attached hydrogens (tertiary/aromatic N) is 3. The molecule has 138 valence electrons.